The van der Waals surface area contributed by atoms with Gasteiger partial charge in [0.2, 0.25) is 0 Å². The summed E-state index contributed by atoms with van der Waals surface area (Å²) in [5.41, 5.74) is 0. The quantitative estimate of drug-likeness (QED) is 0.0261. The van der Waals surface area contributed by atoms with Gasteiger partial charge in [-0.15, -0.1) is 0 Å². The maximum atomic E-state index is 12.9. The van der Waals surface area contributed by atoms with Crippen molar-refractivity contribution >= 4 is 17.9 Å². The molecule has 0 radical (unpaired) electrons. The van der Waals surface area contributed by atoms with E-state index in [9.17, 15) is 14.4 Å². The second kappa shape index (κ2) is 62.6. The summed E-state index contributed by atoms with van der Waals surface area (Å²) < 4.78 is 16.9. The molecule has 1 unspecified atom stereocenters. The van der Waals surface area contributed by atoms with Crippen LogP contribution >= 0.6 is 0 Å². The van der Waals surface area contributed by atoms with E-state index in [4.69, 9.17) is 14.2 Å². The number of hydrogen-bond acceptors (Lipinski definition) is 6. The van der Waals surface area contributed by atoms with Crippen molar-refractivity contribution in [1.29, 1.82) is 0 Å². The molecule has 0 fully saturated rings. The summed E-state index contributed by atoms with van der Waals surface area (Å²) in [5.74, 6) is -0.878. The number of rotatable bonds is 59. The Labute approximate surface area is 460 Å². The van der Waals surface area contributed by atoms with Crippen LogP contribution in [0.5, 0.6) is 0 Å². The Balaban J connectivity index is 4.37. The van der Waals surface area contributed by atoms with E-state index in [0.29, 0.717) is 19.3 Å². The molecule has 0 heterocycles. The summed E-state index contributed by atoms with van der Waals surface area (Å²) in [6, 6.07) is 0. The molecule has 430 valence electrons. The van der Waals surface area contributed by atoms with E-state index in [1.165, 1.54) is 218 Å². The molecule has 0 rings (SSSR count). The minimum absolute atomic E-state index is 0.0791. The second-order valence-electron chi connectivity index (χ2n) is 21.7. The maximum absolute atomic E-state index is 12.9. The van der Waals surface area contributed by atoms with Gasteiger partial charge >= 0.3 is 17.9 Å². The Bertz CT molecular complexity index is 1330. The Morgan fingerprint density at radius 2 is 0.486 bits per heavy atom. The molecule has 0 aliphatic heterocycles. The maximum Gasteiger partial charge on any atom is 0.306 e. The Morgan fingerprint density at radius 1 is 0.270 bits per heavy atom. The summed E-state index contributed by atoms with van der Waals surface area (Å²) in [6.45, 7) is 6.63. The summed E-state index contributed by atoms with van der Waals surface area (Å²) in [5, 5.41) is 0. The molecule has 1 atom stereocenters. The molecule has 0 saturated carbocycles. The van der Waals surface area contributed by atoms with E-state index < -0.39 is 6.10 Å². The van der Waals surface area contributed by atoms with Gasteiger partial charge in [0, 0.05) is 19.3 Å². The van der Waals surface area contributed by atoms with E-state index >= 15 is 0 Å². The summed E-state index contributed by atoms with van der Waals surface area (Å²) >= 11 is 0. The highest BCUT2D eigenvalue weighted by Gasteiger charge is 2.19. The first kappa shape index (κ1) is 71.1. The van der Waals surface area contributed by atoms with E-state index in [2.05, 4.69) is 81.5 Å². The van der Waals surface area contributed by atoms with Crippen LogP contribution in [0.4, 0.5) is 0 Å². The van der Waals surface area contributed by atoms with Gasteiger partial charge in [0.05, 0.1) is 0 Å². The van der Waals surface area contributed by atoms with Crippen LogP contribution in [-0.2, 0) is 28.6 Å². The first-order chi connectivity index (χ1) is 36.5. The highest BCUT2D eigenvalue weighted by molar-refractivity contribution is 5.71. The fourth-order valence-corrected chi connectivity index (χ4v) is 9.32. The van der Waals surface area contributed by atoms with Gasteiger partial charge in [0.1, 0.15) is 13.2 Å². The molecular weight excluding hydrogens is 913 g/mol. The van der Waals surface area contributed by atoms with Crippen LogP contribution in [0.15, 0.2) is 60.8 Å². The molecule has 0 aromatic rings. The van der Waals surface area contributed by atoms with Crippen molar-refractivity contribution < 1.29 is 28.6 Å². The molecule has 6 nitrogen and oxygen atoms in total. The molecular formula is C68H122O6. The van der Waals surface area contributed by atoms with Crippen LogP contribution in [0.2, 0.25) is 0 Å². The number of ether oxygens (including phenoxy) is 3. The molecule has 6 heteroatoms. The van der Waals surface area contributed by atoms with Gasteiger partial charge < -0.3 is 14.2 Å². The topological polar surface area (TPSA) is 78.9 Å². The van der Waals surface area contributed by atoms with Crippen molar-refractivity contribution in [3.63, 3.8) is 0 Å². The zero-order chi connectivity index (χ0) is 53.6. The van der Waals surface area contributed by atoms with Crippen molar-refractivity contribution in [2.24, 2.45) is 0 Å². The van der Waals surface area contributed by atoms with Crippen LogP contribution in [0, 0.1) is 0 Å². The molecule has 0 saturated heterocycles. The average molecular weight is 1040 g/mol. The number of unbranched alkanes of at least 4 members (excludes halogenated alkanes) is 38. The molecule has 0 spiro atoms. The minimum Gasteiger partial charge on any atom is -0.462 e. The lowest BCUT2D eigenvalue weighted by Gasteiger charge is -2.18. The monoisotopic (exact) mass is 1030 g/mol. The van der Waals surface area contributed by atoms with Gasteiger partial charge in [0.25, 0.3) is 0 Å². The lowest BCUT2D eigenvalue weighted by Crippen LogP contribution is -2.30. The van der Waals surface area contributed by atoms with Crippen molar-refractivity contribution in [3.05, 3.63) is 60.8 Å². The number of allylic oxidation sites excluding steroid dienone is 10. The van der Waals surface area contributed by atoms with E-state index in [1.54, 1.807) is 0 Å². The Kier molecular flexibility index (Phi) is 60.2. The fourth-order valence-electron chi connectivity index (χ4n) is 9.32. The Morgan fingerprint density at radius 3 is 0.784 bits per heavy atom. The number of esters is 3. The van der Waals surface area contributed by atoms with Gasteiger partial charge in [-0.05, 0) is 109 Å². The fraction of sp³-hybridized carbons (Fsp3) is 0.809. The van der Waals surface area contributed by atoms with Crippen LogP contribution in [-0.4, -0.2) is 37.2 Å². The highest BCUT2D eigenvalue weighted by atomic mass is 16.6. The van der Waals surface area contributed by atoms with Crippen molar-refractivity contribution in [2.75, 3.05) is 13.2 Å². The minimum atomic E-state index is -0.783. The molecule has 74 heavy (non-hydrogen) atoms. The van der Waals surface area contributed by atoms with E-state index in [0.717, 1.165) is 77.0 Å². The van der Waals surface area contributed by atoms with Crippen molar-refractivity contribution in [3.8, 4) is 0 Å². The molecule has 0 N–H and O–H groups in total. The third-order valence-electron chi connectivity index (χ3n) is 14.2. The largest absolute Gasteiger partial charge is 0.462 e. The summed E-state index contributed by atoms with van der Waals surface area (Å²) in [4.78, 5) is 38.3. The first-order valence-corrected chi connectivity index (χ1v) is 32.3. The lowest BCUT2D eigenvalue weighted by molar-refractivity contribution is -0.167. The van der Waals surface area contributed by atoms with Gasteiger partial charge in [0.15, 0.2) is 6.10 Å². The van der Waals surface area contributed by atoms with Gasteiger partial charge in [-0.1, -0.05) is 268 Å². The number of hydrogen-bond donors (Lipinski definition) is 0. The third kappa shape index (κ3) is 60.0. The SMILES string of the molecule is CCCCC/C=C\C/C=C\CCCCCCCCCCCC(=O)OC(COC(=O)CCCCCCC/C=C\CCCCCCCCC)COC(=O)CCCCCCCCCCC/C=C\C/C=C\CCCCCCC. The van der Waals surface area contributed by atoms with Gasteiger partial charge in [-0.3, -0.25) is 14.4 Å². The normalized spacial score (nSPS) is 12.4. The number of carbonyl (C=O) groups is 3. The Hall–Kier alpha value is -2.89. The third-order valence-corrected chi connectivity index (χ3v) is 14.2. The van der Waals surface area contributed by atoms with Crippen LogP contribution in [0.25, 0.3) is 0 Å². The van der Waals surface area contributed by atoms with E-state index in [1.807, 2.05) is 0 Å². The molecule has 0 aliphatic rings. The van der Waals surface area contributed by atoms with Crippen molar-refractivity contribution in [1.82, 2.24) is 0 Å². The van der Waals surface area contributed by atoms with E-state index in [-0.39, 0.29) is 31.1 Å². The first-order valence-electron chi connectivity index (χ1n) is 32.3. The zero-order valence-corrected chi connectivity index (χ0v) is 49.4. The predicted molar refractivity (Wildman–Crippen MR) is 321 cm³/mol. The zero-order valence-electron chi connectivity index (χ0n) is 49.4. The standard InChI is InChI=1S/C68H122O6/c1-4-7-10-13-16-19-22-25-28-31-33-34-36-37-40-43-46-49-52-55-58-61-67(70)73-64-65(63-72-66(69)60-57-54-51-48-45-42-39-30-27-24-21-18-15-12-9-6-3)74-68(71)62-59-56-53-50-47-44-41-38-35-32-29-26-23-20-17-14-11-8-5-2/h17,20,22,25-26,29-31,33,39,65H,4-16,18-19,21,23-24,27-28,32,34-38,40-64H2,1-3H3/b20-17-,25-22-,29-26-,33-31-,39-30-. The van der Waals surface area contributed by atoms with Crippen LogP contribution in [0.3, 0.4) is 0 Å². The molecule has 0 aromatic heterocycles. The van der Waals surface area contributed by atoms with Gasteiger partial charge in [-0.25, -0.2) is 0 Å². The molecule has 0 aliphatic carbocycles. The second-order valence-corrected chi connectivity index (χ2v) is 21.7. The molecule has 0 bridgehead atoms. The lowest BCUT2D eigenvalue weighted by atomic mass is 10.1. The summed E-state index contributed by atoms with van der Waals surface area (Å²) in [6.07, 6.45) is 79.3. The number of carbonyl (C=O) groups excluding carboxylic acids is 3. The predicted octanol–water partition coefficient (Wildman–Crippen LogP) is 21.9. The highest BCUT2D eigenvalue weighted by Crippen LogP contribution is 2.16. The molecule has 0 amide bonds. The smallest absolute Gasteiger partial charge is 0.306 e. The van der Waals surface area contributed by atoms with Crippen molar-refractivity contribution in [2.45, 2.75) is 341 Å². The molecule has 0 aromatic carbocycles. The average Bonchev–Trinajstić information content (AvgIpc) is 3.40. The van der Waals surface area contributed by atoms with Gasteiger partial charge in [-0.2, -0.15) is 0 Å². The van der Waals surface area contributed by atoms with Crippen LogP contribution in [0.1, 0.15) is 335 Å². The summed E-state index contributed by atoms with van der Waals surface area (Å²) in [7, 11) is 0. The van der Waals surface area contributed by atoms with Crippen LogP contribution < -0.4 is 0 Å².